The lowest BCUT2D eigenvalue weighted by atomic mass is 9.91. The molecule has 2 rings (SSSR count). The number of nitrogens with zero attached hydrogens (tertiary/aromatic N) is 2. The highest BCUT2D eigenvalue weighted by atomic mass is 15.2. The second-order valence-electron chi connectivity index (χ2n) is 6.86. The summed E-state index contributed by atoms with van der Waals surface area (Å²) in [7, 11) is 0. The van der Waals surface area contributed by atoms with Crippen molar-refractivity contribution < 1.29 is 0 Å². The molecule has 0 spiro atoms. The molecule has 1 fully saturated rings. The van der Waals surface area contributed by atoms with Crippen LogP contribution in [-0.2, 0) is 6.54 Å². The lowest BCUT2D eigenvalue weighted by Gasteiger charge is -2.36. The van der Waals surface area contributed by atoms with Crippen LogP contribution >= 0.6 is 0 Å². The van der Waals surface area contributed by atoms with Gasteiger partial charge in [0.2, 0.25) is 0 Å². The molecule has 0 amide bonds. The third kappa shape index (κ3) is 4.20. The van der Waals surface area contributed by atoms with E-state index in [2.05, 4.69) is 49.0 Å². The fourth-order valence-electron chi connectivity index (χ4n) is 3.18. The van der Waals surface area contributed by atoms with Crippen LogP contribution in [0.3, 0.4) is 0 Å². The summed E-state index contributed by atoms with van der Waals surface area (Å²) in [6.45, 7) is 13.4. The Bertz CT molecular complexity index is 406. The molecule has 112 valence electrons. The quantitative estimate of drug-likeness (QED) is 0.893. The van der Waals surface area contributed by atoms with Crippen molar-refractivity contribution in [1.82, 2.24) is 10.3 Å². The van der Waals surface area contributed by atoms with Gasteiger partial charge in [-0.2, -0.15) is 0 Å². The van der Waals surface area contributed by atoms with Crippen LogP contribution in [0.25, 0.3) is 0 Å². The molecule has 0 aromatic carbocycles. The molecule has 1 N–H and O–H groups in total. The molecule has 0 aliphatic carbocycles. The van der Waals surface area contributed by atoms with Crippen molar-refractivity contribution in [3.63, 3.8) is 0 Å². The molecule has 0 radical (unpaired) electrons. The molecule has 20 heavy (non-hydrogen) atoms. The van der Waals surface area contributed by atoms with E-state index in [0.717, 1.165) is 38.0 Å². The van der Waals surface area contributed by atoms with Gasteiger partial charge in [0, 0.05) is 31.4 Å². The zero-order valence-corrected chi connectivity index (χ0v) is 13.4. The number of aromatic nitrogens is 1. The molecule has 0 saturated carbocycles. The van der Waals surface area contributed by atoms with Crippen molar-refractivity contribution in [2.24, 2.45) is 17.8 Å². The van der Waals surface area contributed by atoms with Gasteiger partial charge in [-0.3, -0.25) is 0 Å². The number of nitrogens with one attached hydrogen (secondary N) is 1. The molecule has 1 aromatic rings. The van der Waals surface area contributed by atoms with Crippen LogP contribution in [0, 0.1) is 17.8 Å². The minimum absolute atomic E-state index is 0.685. The van der Waals surface area contributed by atoms with E-state index in [1.807, 2.05) is 12.3 Å². The van der Waals surface area contributed by atoms with Gasteiger partial charge in [-0.05, 0) is 36.8 Å². The van der Waals surface area contributed by atoms with Gasteiger partial charge in [-0.1, -0.05) is 33.8 Å². The van der Waals surface area contributed by atoms with Crippen molar-refractivity contribution in [2.75, 3.05) is 24.5 Å². The van der Waals surface area contributed by atoms with Crippen LogP contribution in [0.15, 0.2) is 18.3 Å². The van der Waals surface area contributed by atoms with E-state index in [9.17, 15) is 0 Å². The first-order valence-corrected chi connectivity index (χ1v) is 7.95. The maximum absolute atomic E-state index is 4.65. The van der Waals surface area contributed by atoms with Crippen molar-refractivity contribution in [3.8, 4) is 0 Å². The number of hydrogen-bond donors (Lipinski definition) is 1. The van der Waals surface area contributed by atoms with E-state index < -0.39 is 0 Å². The Labute approximate surface area is 123 Å². The van der Waals surface area contributed by atoms with Gasteiger partial charge in [-0.15, -0.1) is 0 Å². The van der Waals surface area contributed by atoms with E-state index in [-0.39, 0.29) is 0 Å². The Morgan fingerprint density at radius 2 is 2.00 bits per heavy atom. The third-order valence-electron chi connectivity index (χ3n) is 3.90. The van der Waals surface area contributed by atoms with Gasteiger partial charge in [0.05, 0.1) is 0 Å². The molecule has 2 atom stereocenters. The minimum atomic E-state index is 0.685. The van der Waals surface area contributed by atoms with E-state index >= 15 is 0 Å². The highest BCUT2D eigenvalue weighted by Gasteiger charge is 2.24. The maximum Gasteiger partial charge on any atom is 0.133 e. The topological polar surface area (TPSA) is 28.2 Å². The standard InChI is InChI=1S/C17H29N3/c1-13(2)9-18-10-16-6-5-7-19-17(16)20-11-14(3)8-15(4)12-20/h5-7,13-15,18H,8-12H2,1-4H3. The molecule has 0 bridgehead atoms. The summed E-state index contributed by atoms with van der Waals surface area (Å²) in [6, 6.07) is 4.26. The monoisotopic (exact) mass is 275 g/mol. The Hall–Kier alpha value is -1.09. The molecule has 1 aliphatic rings. The predicted molar refractivity (Wildman–Crippen MR) is 85.9 cm³/mol. The third-order valence-corrected chi connectivity index (χ3v) is 3.90. The number of piperidine rings is 1. The normalized spacial score (nSPS) is 23.4. The zero-order chi connectivity index (χ0) is 14.5. The van der Waals surface area contributed by atoms with Crippen molar-refractivity contribution in [2.45, 2.75) is 40.7 Å². The lowest BCUT2D eigenvalue weighted by Crippen LogP contribution is -2.40. The number of hydrogen-bond acceptors (Lipinski definition) is 3. The molecule has 1 aromatic heterocycles. The predicted octanol–water partition coefficient (Wildman–Crippen LogP) is 3.31. The fourth-order valence-corrected chi connectivity index (χ4v) is 3.18. The van der Waals surface area contributed by atoms with Crippen LogP contribution < -0.4 is 10.2 Å². The SMILES string of the molecule is CC(C)CNCc1cccnc1N1CC(C)CC(C)C1. The average Bonchev–Trinajstić information content (AvgIpc) is 2.37. The summed E-state index contributed by atoms with van der Waals surface area (Å²) in [5.41, 5.74) is 1.33. The van der Waals surface area contributed by atoms with E-state index in [0.29, 0.717) is 5.92 Å². The number of pyridine rings is 1. The van der Waals surface area contributed by atoms with Gasteiger partial charge in [0.25, 0.3) is 0 Å². The lowest BCUT2D eigenvalue weighted by molar-refractivity contribution is 0.354. The highest BCUT2D eigenvalue weighted by Crippen LogP contribution is 2.27. The van der Waals surface area contributed by atoms with Crippen molar-refractivity contribution in [1.29, 1.82) is 0 Å². The number of anilines is 1. The molecular formula is C17H29N3. The summed E-state index contributed by atoms with van der Waals surface area (Å²) in [6.07, 6.45) is 3.26. The Morgan fingerprint density at radius 3 is 2.65 bits per heavy atom. The Kier molecular flexibility index (Phi) is 5.41. The number of rotatable bonds is 5. The molecular weight excluding hydrogens is 246 g/mol. The molecule has 3 heteroatoms. The molecule has 1 aliphatic heterocycles. The van der Waals surface area contributed by atoms with E-state index in [1.54, 1.807) is 0 Å². The summed E-state index contributed by atoms with van der Waals surface area (Å²) in [5, 5.41) is 3.54. The molecule has 2 heterocycles. The fraction of sp³-hybridized carbons (Fsp3) is 0.706. The smallest absolute Gasteiger partial charge is 0.133 e. The second kappa shape index (κ2) is 7.07. The molecule has 3 nitrogen and oxygen atoms in total. The summed E-state index contributed by atoms with van der Waals surface area (Å²) in [4.78, 5) is 7.13. The van der Waals surface area contributed by atoms with Gasteiger partial charge >= 0.3 is 0 Å². The van der Waals surface area contributed by atoms with Gasteiger partial charge in [0.15, 0.2) is 0 Å². The highest BCUT2D eigenvalue weighted by molar-refractivity contribution is 5.47. The summed E-state index contributed by atoms with van der Waals surface area (Å²) in [5.74, 6) is 3.39. The van der Waals surface area contributed by atoms with Crippen LogP contribution in [-0.4, -0.2) is 24.6 Å². The van der Waals surface area contributed by atoms with Crippen LogP contribution in [0.2, 0.25) is 0 Å². The summed E-state index contributed by atoms with van der Waals surface area (Å²) < 4.78 is 0. The molecule has 1 saturated heterocycles. The van der Waals surface area contributed by atoms with E-state index in [4.69, 9.17) is 0 Å². The summed E-state index contributed by atoms with van der Waals surface area (Å²) >= 11 is 0. The maximum atomic E-state index is 4.65. The van der Waals surface area contributed by atoms with Crippen LogP contribution in [0.5, 0.6) is 0 Å². The first kappa shape index (κ1) is 15.3. The van der Waals surface area contributed by atoms with Crippen molar-refractivity contribution in [3.05, 3.63) is 23.9 Å². The van der Waals surface area contributed by atoms with Crippen LogP contribution in [0.4, 0.5) is 5.82 Å². The van der Waals surface area contributed by atoms with E-state index in [1.165, 1.54) is 17.8 Å². The largest absolute Gasteiger partial charge is 0.356 e. The first-order valence-electron chi connectivity index (χ1n) is 7.95. The second-order valence-corrected chi connectivity index (χ2v) is 6.86. The van der Waals surface area contributed by atoms with Gasteiger partial charge < -0.3 is 10.2 Å². The van der Waals surface area contributed by atoms with Crippen LogP contribution in [0.1, 0.15) is 39.7 Å². The Balaban J connectivity index is 2.06. The molecule has 2 unspecified atom stereocenters. The average molecular weight is 275 g/mol. The van der Waals surface area contributed by atoms with Crippen molar-refractivity contribution >= 4 is 5.82 Å². The first-order chi connectivity index (χ1) is 9.56. The minimum Gasteiger partial charge on any atom is -0.356 e. The van der Waals surface area contributed by atoms with Gasteiger partial charge in [-0.25, -0.2) is 4.98 Å². The Morgan fingerprint density at radius 1 is 1.30 bits per heavy atom. The van der Waals surface area contributed by atoms with Gasteiger partial charge in [0.1, 0.15) is 5.82 Å². The zero-order valence-electron chi connectivity index (χ0n) is 13.4.